The zero-order chi connectivity index (χ0) is 22.7. The molecule has 0 bridgehead atoms. The maximum Gasteiger partial charge on any atom is 0.255 e. The first-order valence-corrected chi connectivity index (χ1v) is 11.3. The number of H-pyrrole nitrogens is 1. The Hall–Kier alpha value is -3.51. The topological polar surface area (TPSA) is 69.6 Å². The van der Waals surface area contributed by atoms with Gasteiger partial charge in [-0.1, -0.05) is 48.0 Å². The van der Waals surface area contributed by atoms with Crippen LogP contribution in [0.3, 0.4) is 0 Å². The van der Waals surface area contributed by atoms with Crippen LogP contribution >= 0.6 is 11.6 Å². The Morgan fingerprint density at radius 1 is 1.09 bits per heavy atom. The fraction of sp³-hybridized carbons (Fsp3) is 0.231. The third-order valence-corrected chi connectivity index (χ3v) is 7.37. The zero-order valence-electron chi connectivity index (χ0n) is 18.0. The van der Waals surface area contributed by atoms with Gasteiger partial charge in [0.1, 0.15) is 12.3 Å². The second kappa shape index (κ2) is 7.25. The third kappa shape index (κ3) is 2.87. The molecule has 0 aliphatic carbocycles. The summed E-state index contributed by atoms with van der Waals surface area (Å²) in [4.78, 5) is 34.2. The first-order valence-electron chi connectivity index (χ1n) is 11.0. The number of hydrogen-bond donors (Lipinski definition) is 1. The van der Waals surface area contributed by atoms with Gasteiger partial charge in [-0.3, -0.25) is 9.59 Å². The molecule has 0 spiro atoms. The molecule has 0 radical (unpaired) electrons. The number of halogens is 1. The van der Waals surface area contributed by atoms with Gasteiger partial charge in [-0.05, 0) is 42.3 Å². The molecule has 4 aromatic rings. The lowest BCUT2D eigenvalue weighted by molar-refractivity contribution is -0.167. The van der Waals surface area contributed by atoms with Crippen LogP contribution < -0.4 is 0 Å². The highest BCUT2D eigenvalue weighted by molar-refractivity contribution is 6.31. The van der Waals surface area contributed by atoms with Crippen molar-refractivity contribution in [1.29, 1.82) is 0 Å². The Labute approximate surface area is 195 Å². The molecule has 1 saturated heterocycles. The van der Waals surface area contributed by atoms with Crippen LogP contribution in [0.25, 0.3) is 10.9 Å². The van der Waals surface area contributed by atoms with Gasteiger partial charge in [-0.25, -0.2) is 0 Å². The maximum atomic E-state index is 13.9. The lowest BCUT2D eigenvalue weighted by Crippen LogP contribution is -2.67. The highest BCUT2D eigenvalue weighted by Crippen LogP contribution is 2.49. The van der Waals surface area contributed by atoms with E-state index in [9.17, 15) is 9.59 Å². The number of benzene rings is 2. The molecule has 1 fully saturated rings. The van der Waals surface area contributed by atoms with Crippen LogP contribution in [-0.2, 0) is 21.7 Å². The molecule has 2 aliphatic heterocycles. The highest BCUT2D eigenvalue weighted by Gasteiger charge is 2.56. The summed E-state index contributed by atoms with van der Waals surface area (Å²) in [5.74, 6) is 0.287. The predicted octanol–water partition coefficient (Wildman–Crippen LogP) is 4.65. The number of amides is 2. The van der Waals surface area contributed by atoms with Gasteiger partial charge < -0.3 is 19.2 Å². The van der Waals surface area contributed by atoms with Gasteiger partial charge in [0.05, 0.1) is 18.5 Å². The average Bonchev–Trinajstić information content (AvgIpc) is 3.46. The van der Waals surface area contributed by atoms with Crippen molar-refractivity contribution in [3.63, 3.8) is 0 Å². The number of piperazine rings is 1. The molecular formula is C26H22ClN3O3. The van der Waals surface area contributed by atoms with Gasteiger partial charge >= 0.3 is 0 Å². The van der Waals surface area contributed by atoms with E-state index in [4.69, 9.17) is 16.0 Å². The summed E-state index contributed by atoms with van der Waals surface area (Å²) in [6.45, 7) is 2.50. The van der Waals surface area contributed by atoms with Crippen molar-refractivity contribution in [2.24, 2.45) is 0 Å². The molecule has 33 heavy (non-hydrogen) atoms. The fourth-order valence-electron chi connectivity index (χ4n) is 5.43. The SMILES string of the molecule is C[C@]12C(=O)N(Cc3ccco3)CC(=O)N1CC(c1ccccc1Cl)c1c2[nH]c2ccccc12. The molecule has 1 unspecified atom stereocenters. The number of nitrogens with one attached hydrogen (secondary N) is 1. The van der Waals surface area contributed by atoms with Crippen molar-refractivity contribution < 1.29 is 14.0 Å². The molecule has 0 saturated carbocycles. The van der Waals surface area contributed by atoms with E-state index in [1.54, 1.807) is 22.1 Å². The Bertz CT molecular complexity index is 1390. The van der Waals surface area contributed by atoms with Gasteiger partial charge in [-0.15, -0.1) is 0 Å². The average molecular weight is 460 g/mol. The van der Waals surface area contributed by atoms with Crippen molar-refractivity contribution in [1.82, 2.24) is 14.8 Å². The van der Waals surface area contributed by atoms with Crippen LogP contribution in [0.4, 0.5) is 0 Å². The van der Waals surface area contributed by atoms with Gasteiger partial charge in [0.15, 0.2) is 5.54 Å². The van der Waals surface area contributed by atoms with E-state index in [1.165, 1.54) is 0 Å². The van der Waals surface area contributed by atoms with Crippen LogP contribution in [0.1, 0.15) is 35.4 Å². The standard InChI is InChI=1S/C26H22ClN3O3/c1-26-24-23(18-9-3-5-11-21(18)28-24)19(17-8-2-4-10-20(17)27)14-30(26)22(31)15-29(25(26)32)13-16-7-6-12-33-16/h2-12,19,28H,13-15H2,1H3/t19?,26-/m0/s1. The molecule has 2 aromatic carbocycles. The number of carbonyl (C=O) groups excluding carboxylic acids is 2. The van der Waals surface area contributed by atoms with E-state index in [-0.39, 0.29) is 30.8 Å². The fourth-order valence-corrected chi connectivity index (χ4v) is 5.70. The smallest absolute Gasteiger partial charge is 0.255 e. The molecular weight excluding hydrogens is 438 g/mol. The number of fused-ring (bicyclic) bond motifs is 5. The quantitative estimate of drug-likeness (QED) is 0.485. The van der Waals surface area contributed by atoms with Crippen molar-refractivity contribution in [2.45, 2.75) is 24.9 Å². The summed E-state index contributed by atoms with van der Waals surface area (Å²) in [7, 11) is 0. The first-order chi connectivity index (χ1) is 16.0. The van der Waals surface area contributed by atoms with Crippen molar-refractivity contribution in [2.75, 3.05) is 13.1 Å². The third-order valence-electron chi connectivity index (χ3n) is 7.02. The van der Waals surface area contributed by atoms with Crippen molar-refractivity contribution >= 4 is 34.3 Å². The zero-order valence-corrected chi connectivity index (χ0v) is 18.8. The van der Waals surface area contributed by atoms with Crippen LogP contribution in [0.15, 0.2) is 71.3 Å². The van der Waals surface area contributed by atoms with Crippen LogP contribution in [0.5, 0.6) is 0 Å². The minimum atomic E-state index is -1.14. The summed E-state index contributed by atoms with van der Waals surface area (Å²) >= 11 is 6.62. The van der Waals surface area contributed by atoms with Gasteiger partial charge in [0.25, 0.3) is 5.91 Å². The number of aromatic amines is 1. The number of hydrogen-bond acceptors (Lipinski definition) is 3. The highest BCUT2D eigenvalue weighted by atomic mass is 35.5. The Morgan fingerprint density at radius 3 is 2.67 bits per heavy atom. The number of nitrogens with zero attached hydrogens (tertiary/aromatic N) is 2. The Morgan fingerprint density at radius 2 is 1.88 bits per heavy atom. The van der Waals surface area contributed by atoms with Gasteiger partial charge in [-0.2, -0.15) is 0 Å². The summed E-state index contributed by atoms with van der Waals surface area (Å²) in [5, 5.41) is 1.69. The molecule has 2 atom stereocenters. The summed E-state index contributed by atoms with van der Waals surface area (Å²) in [6.07, 6.45) is 1.57. The van der Waals surface area contributed by atoms with Crippen LogP contribution in [0, 0.1) is 0 Å². The molecule has 1 N–H and O–H groups in total. The molecule has 2 aliphatic rings. The number of furan rings is 1. The molecule has 6 rings (SSSR count). The second-order valence-corrected chi connectivity index (χ2v) is 9.26. The van der Waals surface area contributed by atoms with Crippen molar-refractivity contribution in [3.05, 3.63) is 94.5 Å². The van der Waals surface area contributed by atoms with Gasteiger partial charge in [0, 0.05) is 28.4 Å². The summed E-state index contributed by atoms with van der Waals surface area (Å²) in [5.41, 5.74) is 2.52. The summed E-state index contributed by atoms with van der Waals surface area (Å²) in [6, 6.07) is 19.3. The monoisotopic (exact) mass is 459 g/mol. The minimum absolute atomic E-state index is 0.0138. The minimum Gasteiger partial charge on any atom is -0.467 e. The summed E-state index contributed by atoms with van der Waals surface area (Å²) < 4.78 is 5.45. The molecule has 2 amide bonds. The molecule has 2 aromatic heterocycles. The molecule has 166 valence electrons. The van der Waals surface area contributed by atoms with Crippen molar-refractivity contribution in [3.8, 4) is 0 Å². The van der Waals surface area contributed by atoms with Crippen LogP contribution in [0.2, 0.25) is 5.02 Å². The number of rotatable bonds is 3. The number of aromatic nitrogens is 1. The van der Waals surface area contributed by atoms with Crippen LogP contribution in [-0.4, -0.2) is 39.7 Å². The lowest BCUT2D eigenvalue weighted by atomic mass is 9.76. The maximum absolute atomic E-state index is 13.9. The Balaban J connectivity index is 1.55. The molecule has 7 heteroatoms. The molecule has 4 heterocycles. The largest absolute Gasteiger partial charge is 0.467 e. The van der Waals surface area contributed by atoms with E-state index in [0.717, 1.165) is 27.7 Å². The predicted molar refractivity (Wildman–Crippen MR) is 125 cm³/mol. The normalized spacial score (nSPS) is 22.5. The second-order valence-electron chi connectivity index (χ2n) is 8.85. The first kappa shape index (κ1) is 20.1. The lowest BCUT2D eigenvalue weighted by Gasteiger charge is -2.51. The Kier molecular flexibility index (Phi) is 4.42. The van der Waals surface area contributed by atoms with E-state index in [2.05, 4.69) is 11.1 Å². The van der Waals surface area contributed by atoms with E-state index in [0.29, 0.717) is 17.3 Å². The van der Waals surface area contributed by atoms with E-state index in [1.807, 2.05) is 55.5 Å². The number of carbonyl (C=O) groups is 2. The van der Waals surface area contributed by atoms with E-state index < -0.39 is 5.54 Å². The van der Waals surface area contributed by atoms with E-state index >= 15 is 0 Å². The van der Waals surface area contributed by atoms with Gasteiger partial charge in [0.2, 0.25) is 5.91 Å². The number of para-hydroxylation sites is 1. The molecule has 6 nitrogen and oxygen atoms in total.